The molecule has 3 aromatic rings. The topological polar surface area (TPSA) is 59.6 Å². The van der Waals surface area contributed by atoms with Crippen LogP contribution >= 0.6 is 0 Å². The first-order valence-electron chi connectivity index (χ1n) is 12.5. The highest BCUT2D eigenvalue weighted by Gasteiger charge is 2.37. The van der Waals surface area contributed by atoms with Crippen molar-refractivity contribution >= 4 is 17.2 Å². The van der Waals surface area contributed by atoms with Gasteiger partial charge in [0.15, 0.2) is 5.78 Å². The zero-order chi connectivity index (χ0) is 25.4. The molecule has 0 amide bonds. The van der Waals surface area contributed by atoms with E-state index in [-0.39, 0.29) is 23.2 Å². The lowest BCUT2D eigenvalue weighted by Crippen LogP contribution is -2.27. The Balaban J connectivity index is 1.59. The maximum atomic E-state index is 13.9. The number of Topliss-reactive ketones (excluding diaryl/α,β-unsaturated/α-hetero) is 1. The molecule has 0 saturated carbocycles. The summed E-state index contributed by atoms with van der Waals surface area (Å²) in [5, 5.41) is 7.25. The predicted octanol–water partition coefficient (Wildman–Crippen LogP) is 6.98. The second-order valence-electron chi connectivity index (χ2n) is 10.6. The number of hydrogen-bond donors (Lipinski definition) is 2. The molecule has 36 heavy (non-hydrogen) atoms. The third-order valence-electron chi connectivity index (χ3n) is 7.30. The van der Waals surface area contributed by atoms with Gasteiger partial charge in [0, 0.05) is 23.3 Å². The average molecular weight is 483 g/mol. The standard InChI is InChI=1S/C31H34N2O3/c1-31(2,3)21-12-10-19(11-13-21)20-16-26-29(27(34)17-20)30(33-25-9-7-6-8-24(25)32-26)23-18-22(35-4)14-15-28(23)36-5/h6-15,18,20,30,32-33H,16-17H2,1-5H3. The average Bonchev–Trinajstić information content (AvgIpc) is 3.04. The first-order chi connectivity index (χ1) is 17.3. The molecule has 2 atom stereocenters. The van der Waals surface area contributed by atoms with Crippen molar-refractivity contribution in [1.82, 2.24) is 0 Å². The van der Waals surface area contributed by atoms with Crippen molar-refractivity contribution in [2.45, 2.75) is 51.0 Å². The van der Waals surface area contributed by atoms with Crippen LogP contribution in [0.5, 0.6) is 11.5 Å². The quantitative estimate of drug-likeness (QED) is 0.420. The molecule has 5 heteroatoms. The third-order valence-corrected chi connectivity index (χ3v) is 7.30. The van der Waals surface area contributed by atoms with Gasteiger partial charge in [-0.3, -0.25) is 4.79 Å². The fraction of sp³-hybridized carbons (Fsp3) is 0.323. The molecular formula is C31H34N2O3. The highest BCUT2D eigenvalue weighted by Crippen LogP contribution is 2.46. The summed E-state index contributed by atoms with van der Waals surface area (Å²) in [7, 11) is 3.30. The van der Waals surface area contributed by atoms with Gasteiger partial charge >= 0.3 is 0 Å². The summed E-state index contributed by atoms with van der Waals surface area (Å²) in [6.45, 7) is 6.66. The van der Waals surface area contributed by atoms with Gasteiger partial charge in [0.2, 0.25) is 0 Å². The van der Waals surface area contributed by atoms with E-state index in [2.05, 4.69) is 55.7 Å². The predicted molar refractivity (Wildman–Crippen MR) is 145 cm³/mol. The van der Waals surface area contributed by atoms with Gasteiger partial charge in [0.1, 0.15) is 11.5 Å². The summed E-state index contributed by atoms with van der Waals surface area (Å²) in [6.07, 6.45) is 1.23. The Morgan fingerprint density at radius 2 is 1.58 bits per heavy atom. The molecule has 2 N–H and O–H groups in total. The van der Waals surface area contributed by atoms with E-state index in [1.165, 1.54) is 11.1 Å². The van der Waals surface area contributed by atoms with Crippen molar-refractivity contribution in [1.29, 1.82) is 0 Å². The Bertz CT molecular complexity index is 1320. The molecular weight excluding hydrogens is 448 g/mol. The van der Waals surface area contributed by atoms with Crippen LogP contribution < -0.4 is 20.1 Å². The summed E-state index contributed by atoms with van der Waals surface area (Å²) < 4.78 is 11.2. The molecule has 1 heterocycles. The van der Waals surface area contributed by atoms with Gasteiger partial charge in [-0.15, -0.1) is 0 Å². The first-order valence-corrected chi connectivity index (χ1v) is 12.5. The number of allylic oxidation sites excluding steroid dienone is 1. The van der Waals surface area contributed by atoms with Crippen LogP contribution in [-0.2, 0) is 10.2 Å². The van der Waals surface area contributed by atoms with Gasteiger partial charge in [0.25, 0.3) is 0 Å². The Labute approximate surface area is 213 Å². The molecule has 0 spiro atoms. The fourth-order valence-electron chi connectivity index (χ4n) is 5.28. The Morgan fingerprint density at radius 1 is 0.861 bits per heavy atom. The summed E-state index contributed by atoms with van der Waals surface area (Å²) in [4.78, 5) is 13.9. The van der Waals surface area contributed by atoms with Crippen molar-refractivity contribution < 1.29 is 14.3 Å². The normalized spacial score (nSPS) is 19.4. The van der Waals surface area contributed by atoms with Gasteiger partial charge in [-0.2, -0.15) is 0 Å². The number of anilines is 2. The lowest BCUT2D eigenvalue weighted by Gasteiger charge is -2.31. The second kappa shape index (κ2) is 9.38. The number of methoxy groups -OCH3 is 2. The molecule has 5 nitrogen and oxygen atoms in total. The van der Waals surface area contributed by atoms with E-state index < -0.39 is 0 Å². The Morgan fingerprint density at radius 3 is 2.25 bits per heavy atom. The van der Waals surface area contributed by atoms with Crippen LogP contribution in [0.4, 0.5) is 11.4 Å². The molecule has 0 bridgehead atoms. The SMILES string of the molecule is COc1ccc(OC)c(C2Nc3ccccc3NC3=C2C(=O)CC(c2ccc(C(C)(C)C)cc2)C3)c1. The van der Waals surface area contributed by atoms with Gasteiger partial charge < -0.3 is 20.1 Å². The number of carbonyl (C=O) groups excluding carboxylic acids is 1. The minimum Gasteiger partial charge on any atom is -0.497 e. The fourth-order valence-corrected chi connectivity index (χ4v) is 5.28. The van der Waals surface area contributed by atoms with Crippen molar-refractivity contribution in [3.8, 4) is 11.5 Å². The Hall–Kier alpha value is -3.73. The molecule has 1 aliphatic heterocycles. The number of carbonyl (C=O) groups is 1. The zero-order valence-corrected chi connectivity index (χ0v) is 21.6. The second-order valence-corrected chi connectivity index (χ2v) is 10.6. The van der Waals surface area contributed by atoms with Crippen LogP contribution in [0.25, 0.3) is 0 Å². The summed E-state index contributed by atoms with van der Waals surface area (Å²) in [6, 6.07) is 22.2. The number of rotatable bonds is 4. The van der Waals surface area contributed by atoms with E-state index in [1.54, 1.807) is 14.2 Å². The number of hydrogen-bond acceptors (Lipinski definition) is 5. The van der Waals surface area contributed by atoms with Crippen LogP contribution in [0, 0.1) is 0 Å². The van der Waals surface area contributed by atoms with Crippen molar-refractivity contribution in [3.05, 3.63) is 94.7 Å². The smallest absolute Gasteiger partial charge is 0.163 e. The monoisotopic (exact) mass is 482 g/mol. The molecule has 0 radical (unpaired) electrons. The molecule has 5 rings (SSSR count). The summed E-state index contributed by atoms with van der Waals surface area (Å²) in [5.74, 6) is 1.70. The van der Waals surface area contributed by atoms with E-state index in [0.29, 0.717) is 12.2 Å². The number of benzene rings is 3. The number of nitrogens with one attached hydrogen (secondary N) is 2. The lowest BCUT2D eigenvalue weighted by atomic mass is 9.77. The summed E-state index contributed by atoms with van der Waals surface area (Å²) >= 11 is 0. The molecule has 1 aliphatic carbocycles. The minimum atomic E-state index is -0.363. The highest BCUT2D eigenvalue weighted by molar-refractivity contribution is 6.01. The van der Waals surface area contributed by atoms with Crippen molar-refractivity contribution in [2.24, 2.45) is 0 Å². The molecule has 2 aliphatic rings. The minimum absolute atomic E-state index is 0.0951. The first kappa shape index (κ1) is 24.0. The maximum Gasteiger partial charge on any atom is 0.163 e. The maximum absolute atomic E-state index is 13.9. The van der Waals surface area contributed by atoms with E-state index >= 15 is 0 Å². The number of fused-ring (bicyclic) bond motifs is 1. The van der Waals surface area contributed by atoms with Crippen LogP contribution in [-0.4, -0.2) is 20.0 Å². The van der Waals surface area contributed by atoms with E-state index in [1.807, 2.05) is 42.5 Å². The highest BCUT2D eigenvalue weighted by atomic mass is 16.5. The summed E-state index contributed by atoms with van der Waals surface area (Å²) in [5.41, 5.74) is 7.10. The largest absolute Gasteiger partial charge is 0.497 e. The molecule has 0 aromatic heterocycles. The van der Waals surface area contributed by atoms with Gasteiger partial charge in [0.05, 0.1) is 31.6 Å². The van der Waals surface area contributed by atoms with E-state index in [0.717, 1.165) is 40.4 Å². The Kier molecular flexibility index (Phi) is 6.25. The van der Waals surface area contributed by atoms with E-state index in [9.17, 15) is 4.79 Å². The lowest BCUT2D eigenvalue weighted by molar-refractivity contribution is -0.116. The van der Waals surface area contributed by atoms with Crippen LogP contribution in [0.1, 0.15) is 62.3 Å². The van der Waals surface area contributed by atoms with Crippen molar-refractivity contribution in [3.63, 3.8) is 0 Å². The van der Waals surface area contributed by atoms with Crippen LogP contribution in [0.15, 0.2) is 78.0 Å². The van der Waals surface area contributed by atoms with Gasteiger partial charge in [-0.05, 0) is 59.2 Å². The number of para-hydroxylation sites is 2. The molecule has 0 fully saturated rings. The van der Waals surface area contributed by atoms with Gasteiger partial charge in [-0.25, -0.2) is 0 Å². The van der Waals surface area contributed by atoms with Crippen molar-refractivity contribution in [2.75, 3.05) is 24.9 Å². The van der Waals surface area contributed by atoms with Crippen LogP contribution in [0.2, 0.25) is 0 Å². The van der Waals surface area contributed by atoms with Gasteiger partial charge in [-0.1, -0.05) is 57.2 Å². The number of ether oxygens (including phenoxy) is 2. The van der Waals surface area contributed by atoms with Crippen LogP contribution in [0.3, 0.4) is 0 Å². The van der Waals surface area contributed by atoms with E-state index in [4.69, 9.17) is 9.47 Å². The molecule has 2 unspecified atom stereocenters. The molecule has 3 aromatic carbocycles. The molecule has 186 valence electrons. The number of ketones is 1. The molecule has 0 saturated heterocycles. The zero-order valence-electron chi connectivity index (χ0n) is 21.6. The third kappa shape index (κ3) is 4.46.